The molecule has 0 heterocycles. The zero-order valence-electron chi connectivity index (χ0n) is 12.4. The molecule has 0 amide bonds. The van der Waals surface area contributed by atoms with Crippen molar-refractivity contribution >= 4 is 11.6 Å². The van der Waals surface area contributed by atoms with Crippen LogP contribution in [0.5, 0.6) is 17.2 Å². The van der Waals surface area contributed by atoms with Gasteiger partial charge in [0.25, 0.3) is 0 Å². The van der Waals surface area contributed by atoms with Crippen LogP contribution in [-0.4, -0.2) is 13.7 Å². The summed E-state index contributed by atoms with van der Waals surface area (Å²) in [5.41, 5.74) is 1.07. The average Bonchev–Trinajstić information content (AvgIpc) is 2.50. The third-order valence-corrected chi connectivity index (χ3v) is 3.42. The van der Waals surface area contributed by atoms with E-state index in [4.69, 9.17) is 21.1 Å². The predicted octanol–water partition coefficient (Wildman–Crippen LogP) is 4.64. The van der Waals surface area contributed by atoms with Crippen LogP contribution in [0.3, 0.4) is 0 Å². The third kappa shape index (κ3) is 4.38. The van der Waals surface area contributed by atoms with E-state index in [1.54, 1.807) is 7.11 Å². The molecular formula is C17H20ClNO2. The van der Waals surface area contributed by atoms with Crippen molar-refractivity contribution < 1.29 is 9.47 Å². The normalized spacial score (nSPS) is 10.4. The van der Waals surface area contributed by atoms with Gasteiger partial charge in [0, 0.05) is 11.6 Å². The van der Waals surface area contributed by atoms with Crippen molar-refractivity contribution in [2.45, 2.75) is 19.9 Å². The fraction of sp³-hybridized carbons (Fsp3) is 0.294. The van der Waals surface area contributed by atoms with Gasteiger partial charge in [-0.3, -0.25) is 0 Å². The molecule has 0 spiro atoms. The number of hydrogen-bond acceptors (Lipinski definition) is 3. The molecule has 0 radical (unpaired) electrons. The fourth-order valence-electron chi connectivity index (χ4n) is 1.96. The molecule has 2 rings (SSSR count). The summed E-state index contributed by atoms with van der Waals surface area (Å²) < 4.78 is 11.1. The number of ether oxygens (including phenoxy) is 2. The summed E-state index contributed by atoms with van der Waals surface area (Å²) in [6.45, 7) is 3.89. The Morgan fingerprint density at radius 3 is 2.52 bits per heavy atom. The van der Waals surface area contributed by atoms with Gasteiger partial charge in [-0.2, -0.15) is 0 Å². The molecule has 0 unspecified atom stereocenters. The van der Waals surface area contributed by atoms with Crippen molar-refractivity contribution in [3.05, 3.63) is 53.1 Å². The first-order chi connectivity index (χ1) is 10.2. The van der Waals surface area contributed by atoms with Gasteiger partial charge >= 0.3 is 0 Å². The zero-order chi connectivity index (χ0) is 15.1. The van der Waals surface area contributed by atoms with Gasteiger partial charge in [0.2, 0.25) is 0 Å². The Morgan fingerprint density at radius 2 is 1.86 bits per heavy atom. The quantitative estimate of drug-likeness (QED) is 0.756. The minimum absolute atomic E-state index is 0.674. The minimum Gasteiger partial charge on any atom is -0.493 e. The first-order valence-corrected chi connectivity index (χ1v) is 7.42. The van der Waals surface area contributed by atoms with Crippen LogP contribution in [0, 0.1) is 0 Å². The van der Waals surface area contributed by atoms with E-state index in [2.05, 4.69) is 12.2 Å². The lowest BCUT2D eigenvalue weighted by atomic mass is 10.2. The maximum absolute atomic E-state index is 6.30. The summed E-state index contributed by atoms with van der Waals surface area (Å²) in [6.07, 6.45) is 1.10. The van der Waals surface area contributed by atoms with Gasteiger partial charge in [0.05, 0.1) is 7.11 Å². The molecular weight excluding hydrogens is 286 g/mol. The topological polar surface area (TPSA) is 30.5 Å². The Morgan fingerprint density at radius 1 is 1.10 bits per heavy atom. The average molecular weight is 306 g/mol. The van der Waals surface area contributed by atoms with Crippen molar-refractivity contribution in [3.63, 3.8) is 0 Å². The van der Waals surface area contributed by atoms with E-state index < -0.39 is 0 Å². The van der Waals surface area contributed by atoms with Crippen LogP contribution >= 0.6 is 11.6 Å². The Kier molecular flexibility index (Phi) is 5.90. The van der Waals surface area contributed by atoms with E-state index in [1.807, 2.05) is 42.5 Å². The second kappa shape index (κ2) is 7.91. The van der Waals surface area contributed by atoms with Crippen LogP contribution in [0.15, 0.2) is 42.5 Å². The summed E-state index contributed by atoms with van der Waals surface area (Å²) in [7, 11) is 1.62. The molecule has 0 fully saturated rings. The molecule has 112 valence electrons. The molecule has 0 atom stereocenters. The Hall–Kier alpha value is -1.71. The fourth-order valence-corrected chi connectivity index (χ4v) is 2.20. The summed E-state index contributed by atoms with van der Waals surface area (Å²) >= 11 is 6.30. The number of nitrogens with one attached hydrogen (secondary N) is 1. The highest BCUT2D eigenvalue weighted by atomic mass is 35.5. The molecule has 0 saturated heterocycles. The van der Waals surface area contributed by atoms with Gasteiger partial charge in [-0.1, -0.05) is 36.7 Å². The van der Waals surface area contributed by atoms with Crippen molar-refractivity contribution in [2.75, 3.05) is 13.7 Å². The molecule has 2 aromatic rings. The lowest BCUT2D eigenvalue weighted by molar-refractivity contribution is 0.379. The van der Waals surface area contributed by atoms with E-state index in [0.717, 1.165) is 25.1 Å². The standard InChI is InChI=1S/C17H20ClNO2/c1-3-10-19-12-13-8-9-14(11-15(13)18)21-17-7-5-4-6-16(17)20-2/h4-9,11,19H,3,10,12H2,1-2H3. The number of para-hydroxylation sites is 2. The van der Waals surface area contributed by atoms with Crippen LogP contribution in [0.2, 0.25) is 5.02 Å². The van der Waals surface area contributed by atoms with Crippen LogP contribution < -0.4 is 14.8 Å². The van der Waals surface area contributed by atoms with E-state index >= 15 is 0 Å². The number of methoxy groups -OCH3 is 1. The summed E-state index contributed by atoms with van der Waals surface area (Å²) in [4.78, 5) is 0. The second-order valence-electron chi connectivity index (χ2n) is 4.68. The minimum atomic E-state index is 0.674. The zero-order valence-corrected chi connectivity index (χ0v) is 13.1. The van der Waals surface area contributed by atoms with Crippen molar-refractivity contribution in [1.82, 2.24) is 5.32 Å². The smallest absolute Gasteiger partial charge is 0.169 e. The van der Waals surface area contributed by atoms with Gasteiger partial charge in [-0.15, -0.1) is 0 Å². The number of hydrogen-bond donors (Lipinski definition) is 1. The number of rotatable bonds is 7. The highest BCUT2D eigenvalue weighted by Gasteiger charge is 2.07. The molecule has 1 N–H and O–H groups in total. The van der Waals surface area contributed by atoms with Crippen LogP contribution in [0.4, 0.5) is 0 Å². The van der Waals surface area contributed by atoms with Gasteiger partial charge in [-0.25, -0.2) is 0 Å². The van der Waals surface area contributed by atoms with Crippen LogP contribution in [-0.2, 0) is 6.54 Å². The Bertz CT molecular complexity index is 587. The van der Waals surface area contributed by atoms with E-state index in [0.29, 0.717) is 22.3 Å². The maximum Gasteiger partial charge on any atom is 0.169 e. The van der Waals surface area contributed by atoms with E-state index in [9.17, 15) is 0 Å². The number of halogens is 1. The van der Waals surface area contributed by atoms with Gasteiger partial charge in [-0.05, 0) is 42.8 Å². The molecule has 0 aliphatic heterocycles. The van der Waals surface area contributed by atoms with Crippen LogP contribution in [0.25, 0.3) is 0 Å². The van der Waals surface area contributed by atoms with Gasteiger partial charge < -0.3 is 14.8 Å². The van der Waals surface area contributed by atoms with Gasteiger partial charge in [0.1, 0.15) is 5.75 Å². The largest absolute Gasteiger partial charge is 0.493 e. The third-order valence-electron chi connectivity index (χ3n) is 3.06. The first-order valence-electron chi connectivity index (χ1n) is 7.04. The van der Waals surface area contributed by atoms with Crippen molar-refractivity contribution in [2.24, 2.45) is 0 Å². The molecule has 4 heteroatoms. The molecule has 0 aromatic heterocycles. The van der Waals surface area contributed by atoms with E-state index in [1.165, 1.54) is 0 Å². The molecule has 0 bridgehead atoms. The van der Waals surface area contributed by atoms with Crippen molar-refractivity contribution in [3.8, 4) is 17.2 Å². The highest BCUT2D eigenvalue weighted by molar-refractivity contribution is 6.31. The van der Waals surface area contributed by atoms with Crippen LogP contribution in [0.1, 0.15) is 18.9 Å². The monoisotopic (exact) mass is 305 g/mol. The maximum atomic E-state index is 6.30. The molecule has 3 nitrogen and oxygen atoms in total. The Balaban J connectivity index is 2.09. The molecule has 2 aromatic carbocycles. The lowest BCUT2D eigenvalue weighted by Gasteiger charge is -2.12. The first kappa shape index (κ1) is 15.7. The molecule has 21 heavy (non-hydrogen) atoms. The van der Waals surface area contributed by atoms with E-state index in [-0.39, 0.29) is 0 Å². The number of benzene rings is 2. The SMILES string of the molecule is CCCNCc1ccc(Oc2ccccc2OC)cc1Cl. The summed E-state index contributed by atoms with van der Waals surface area (Å²) in [5, 5.41) is 4.03. The predicted molar refractivity (Wildman–Crippen MR) is 86.5 cm³/mol. The summed E-state index contributed by atoms with van der Waals surface area (Å²) in [6, 6.07) is 13.3. The summed E-state index contributed by atoms with van der Waals surface area (Å²) in [5.74, 6) is 2.07. The van der Waals surface area contributed by atoms with Gasteiger partial charge in [0.15, 0.2) is 11.5 Å². The highest BCUT2D eigenvalue weighted by Crippen LogP contribution is 2.32. The molecule has 0 aliphatic carbocycles. The Labute approximate surface area is 130 Å². The lowest BCUT2D eigenvalue weighted by Crippen LogP contribution is -2.13. The van der Waals surface area contributed by atoms with Crippen molar-refractivity contribution in [1.29, 1.82) is 0 Å². The second-order valence-corrected chi connectivity index (χ2v) is 5.09. The molecule has 0 saturated carbocycles. The molecule has 0 aliphatic rings.